The molecule has 0 aliphatic carbocycles. The number of hydrogen-bond acceptors (Lipinski definition) is 2. The van der Waals surface area contributed by atoms with Crippen molar-refractivity contribution >= 4 is 5.91 Å². The largest absolute Gasteiger partial charge is 0.352 e. The van der Waals surface area contributed by atoms with Crippen LogP contribution in [0.4, 0.5) is 0 Å². The van der Waals surface area contributed by atoms with E-state index in [1.807, 2.05) is 0 Å². The predicted octanol–water partition coefficient (Wildman–Crippen LogP) is 2.60. The average Bonchev–Trinajstić information content (AvgIpc) is 2.45. The Kier molecular flexibility index (Phi) is 4.81. The molecule has 2 rings (SSSR count). The van der Waals surface area contributed by atoms with Crippen LogP contribution in [0.5, 0.6) is 0 Å². The Balaban J connectivity index is 1.86. The van der Waals surface area contributed by atoms with E-state index in [0.29, 0.717) is 6.54 Å². The van der Waals surface area contributed by atoms with Crippen LogP contribution in [0, 0.1) is 5.92 Å². The van der Waals surface area contributed by atoms with Crippen LogP contribution in [0.1, 0.15) is 44.7 Å². The molecule has 2 N–H and O–H groups in total. The van der Waals surface area contributed by atoms with Crippen LogP contribution in [-0.4, -0.2) is 19.0 Å². The third-order valence-corrected chi connectivity index (χ3v) is 4.00. The fraction of sp³-hybridized carbons (Fsp3) is 0.588. The van der Waals surface area contributed by atoms with E-state index in [1.54, 1.807) is 0 Å². The van der Waals surface area contributed by atoms with E-state index in [1.165, 1.54) is 11.1 Å². The molecule has 0 bridgehead atoms. The number of carbonyl (C=O) groups excluding carboxylic acids is 1. The molecule has 110 valence electrons. The maximum absolute atomic E-state index is 12.1. The molecular formula is C17H26N2O. The normalized spacial score (nSPS) is 16.9. The van der Waals surface area contributed by atoms with Crippen molar-refractivity contribution in [3.05, 3.63) is 35.4 Å². The Bertz CT molecular complexity index is 439. The number of benzene rings is 1. The third-order valence-electron chi connectivity index (χ3n) is 4.00. The van der Waals surface area contributed by atoms with Crippen molar-refractivity contribution < 1.29 is 4.79 Å². The monoisotopic (exact) mass is 274 g/mol. The molecule has 0 aromatic heterocycles. The van der Waals surface area contributed by atoms with Gasteiger partial charge >= 0.3 is 0 Å². The number of amides is 1. The van der Waals surface area contributed by atoms with E-state index in [0.717, 1.165) is 25.9 Å². The van der Waals surface area contributed by atoms with Crippen molar-refractivity contribution in [2.75, 3.05) is 13.1 Å². The van der Waals surface area contributed by atoms with Gasteiger partial charge in [0.15, 0.2) is 0 Å². The summed E-state index contributed by atoms with van der Waals surface area (Å²) in [4.78, 5) is 12.1. The molecule has 1 aromatic rings. The zero-order chi connectivity index (χ0) is 14.6. The Morgan fingerprint density at radius 1 is 1.20 bits per heavy atom. The number of piperidine rings is 1. The van der Waals surface area contributed by atoms with Crippen LogP contribution in [-0.2, 0) is 16.8 Å². The van der Waals surface area contributed by atoms with Gasteiger partial charge in [-0.05, 0) is 42.5 Å². The van der Waals surface area contributed by atoms with Gasteiger partial charge in [0.25, 0.3) is 0 Å². The van der Waals surface area contributed by atoms with Gasteiger partial charge in [-0.1, -0.05) is 45.0 Å². The molecule has 0 unspecified atom stereocenters. The molecule has 1 saturated heterocycles. The topological polar surface area (TPSA) is 41.1 Å². The van der Waals surface area contributed by atoms with Gasteiger partial charge in [-0.2, -0.15) is 0 Å². The quantitative estimate of drug-likeness (QED) is 0.889. The van der Waals surface area contributed by atoms with Gasteiger partial charge in [0.2, 0.25) is 5.91 Å². The first-order chi connectivity index (χ1) is 9.47. The standard InChI is InChI=1S/C17H26N2O/c1-17(2,3)15-6-4-13(5-7-15)12-19-16(20)14-8-10-18-11-9-14/h4-7,14,18H,8-12H2,1-3H3,(H,19,20). The zero-order valence-electron chi connectivity index (χ0n) is 12.8. The Hall–Kier alpha value is -1.35. The first kappa shape index (κ1) is 15.0. The molecule has 0 atom stereocenters. The minimum atomic E-state index is 0.177. The van der Waals surface area contributed by atoms with Crippen LogP contribution in [0.15, 0.2) is 24.3 Å². The van der Waals surface area contributed by atoms with Gasteiger partial charge in [-0.15, -0.1) is 0 Å². The van der Waals surface area contributed by atoms with Crippen LogP contribution < -0.4 is 10.6 Å². The lowest BCUT2D eigenvalue weighted by molar-refractivity contribution is -0.125. The van der Waals surface area contributed by atoms with Gasteiger partial charge in [0, 0.05) is 12.5 Å². The average molecular weight is 274 g/mol. The Morgan fingerprint density at radius 2 is 1.80 bits per heavy atom. The third kappa shape index (κ3) is 4.07. The first-order valence-electron chi connectivity index (χ1n) is 7.54. The molecule has 3 nitrogen and oxygen atoms in total. The summed E-state index contributed by atoms with van der Waals surface area (Å²) in [6, 6.07) is 8.55. The molecule has 1 aliphatic heterocycles. The molecule has 20 heavy (non-hydrogen) atoms. The van der Waals surface area contributed by atoms with Crippen molar-refractivity contribution in [1.29, 1.82) is 0 Å². The van der Waals surface area contributed by atoms with E-state index in [9.17, 15) is 4.79 Å². The van der Waals surface area contributed by atoms with Crippen molar-refractivity contribution in [2.24, 2.45) is 5.92 Å². The fourth-order valence-electron chi connectivity index (χ4n) is 2.54. The molecule has 1 aromatic carbocycles. The van der Waals surface area contributed by atoms with Crippen molar-refractivity contribution in [3.8, 4) is 0 Å². The van der Waals surface area contributed by atoms with Crippen LogP contribution >= 0.6 is 0 Å². The fourth-order valence-corrected chi connectivity index (χ4v) is 2.54. The van der Waals surface area contributed by atoms with Gasteiger partial charge < -0.3 is 10.6 Å². The summed E-state index contributed by atoms with van der Waals surface area (Å²) in [6.07, 6.45) is 1.91. The second kappa shape index (κ2) is 6.40. The predicted molar refractivity (Wildman–Crippen MR) is 82.6 cm³/mol. The first-order valence-corrected chi connectivity index (χ1v) is 7.54. The van der Waals surface area contributed by atoms with Crippen LogP contribution in [0.25, 0.3) is 0 Å². The van der Waals surface area contributed by atoms with Crippen molar-refractivity contribution in [2.45, 2.75) is 45.6 Å². The maximum Gasteiger partial charge on any atom is 0.223 e. The second-order valence-electron chi connectivity index (χ2n) is 6.69. The van der Waals surface area contributed by atoms with Gasteiger partial charge in [0.1, 0.15) is 0 Å². The number of carbonyl (C=O) groups is 1. The highest BCUT2D eigenvalue weighted by atomic mass is 16.1. The minimum absolute atomic E-state index is 0.177. The summed E-state index contributed by atoms with van der Waals surface area (Å²) < 4.78 is 0. The maximum atomic E-state index is 12.1. The number of hydrogen-bond donors (Lipinski definition) is 2. The summed E-state index contributed by atoms with van der Waals surface area (Å²) in [5.41, 5.74) is 2.67. The summed E-state index contributed by atoms with van der Waals surface area (Å²) in [6.45, 7) is 9.17. The van der Waals surface area contributed by atoms with Gasteiger partial charge in [-0.3, -0.25) is 4.79 Å². The van der Waals surface area contributed by atoms with Crippen molar-refractivity contribution in [1.82, 2.24) is 10.6 Å². The Labute approximate surface area is 122 Å². The van der Waals surface area contributed by atoms with Crippen LogP contribution in [0.2, 0.25) is 0 Å². The lowest BCUT2D eigenvalue weighted by Crippen LogP contribution is -2.37. The smallest absolute Gasteiger partial charge is 0.223 e. The molecule has 1 amide bonds. The number of rotatable bonds is 3. The van der Waals surface area contributed by atoms with E-state index in [-0.39, 0.29) is 17.2 Å². The summed E-state index contributed by atoms with van der Waals surface area (Å²) in [5, 5.41) is 6.34. The van der Waals surface area contributed by atoms with Gasteiger partial charge in [0.05, 0.1) is 0 Å². The van der Waals surface area contributed by atoms with Gasteiger partial charge in [-0.25, -0.2) is 0 Å². The molecule has 0 spiro atoms. The lowest BCUT2D eigenvalue weighted by Gasteiger charge is -2.22. The summed E-state index contributed by atoms with van der Waals surface area (Å²) >= 11 is 0. The highest BCUT2D eigenvalue weighted by Crippen LogP contribution is 2.22. The lowest BCUT2D eigenvalue weighted by atomic mass is 9.87. The number of nitrogens with one attached hydrogen (secondary N) is 2. The second-order valence-corrected chi connectivity index (χ2v) is 6.69. The molecule has 1 heterocycles. The SMILES string of the molecule is CC(C)(C)c1ccc(CNC(=O)C2CCNCC2)cc1. The van der Waals surface area contributed by atoms with E-state index in [2.05, 4.69) is 55.7 Å². The highest BCUT2D eigenvalue weighted by Gasteiger charge is 2.20. The summed E-state index contributed by atoms with van der Waals surface area (Å²) in [5.74, 6) is 0.386. The van der Waals surface area contributed by atoms with E-state index in [4.69, 9.17) is 0 Å². The van der Waals surface area contributed by atoms with E-state index >= 15 is 0 Å². The molecule has 1 aliphatic rings. The molecule has 0 radical (unpaired) electrons. The highest BCUT2D eigenvalue weighted by molar-refractivity contribution is 5.78. The molecule has 1 fully saturated rings. The zero-order valence-corrected chi connectivity index (χ0v) is 12.8. The molecular weight excluding hydrogens is 248 g/mol. The van der Waals surface area contributed by atoms with Crippen LogP contribution in [0.3, 0.4) is 0 Å². The van der Waals surface area contributed by atoms with Crippen molar-refractivity contribution in [3.63, 3.8) is 0 Å². The van der Waals surface area contributed by atoms with E-state index < -0.39 is 0 Å². The Morgan fingerprint density at radius 3 is 2.35 bits per heavy atom. The molecule has 3 heteroatoms. The minimum Gasteiger partial charge on any atom is -0.352 e. The summed E-state index contributed by atoms with van der Waals surface area (Å²) in [7, 11) is 0. The molecule has 0 saturated carbocycles.